The minimum Gasteiger partial charge on any atom is -0.432 e. The average Bonchev–Trinajstić information content (AvgIpc) is 2.30. The molecule has 1 amide bonds. The molecule has 5 heteroatoms. The van der Waals surface area contributed by atoms with Crippen LogP contribution < -0.4 is 5.32 Å². The van der Waals surface area contributed by atoms with E-state index in [1.54, 1.807) is 31.2 Å². The van der Waals surface area contributed by atoms with Gasteiger partial charge in [-0.1, -0.05) is 12.1 Å². The van der Waals surface area contributed by atoms with Gasteiger partial charge in [0, 0.05) is 7.11 Å². The third-order valence-electron chi connectivity index (χ3n) is 1.97. The molecular weight excluding hydrogens is 210 g/mol. The van der Waals surface area contributed by atoms with Crippen molar-refractivity contribution in [1.82, 2.24) is 0 Å². The highest BCUT2D eigenvalue weighted by Gasteiger charge is 2.14. The summed E-state index contributed by atoms with van der Waals surface area (Å²) in [6, 6.07) is 6.57. The molecule has 0 saturated heterocycles. The minimum absolute atomic E-state index is 0.290. The number of para-hydroxylation sites is 1. The van der Waals surface area contributed by atoms with Crippen LogP contribution in [0, 0.1) is 0 Å². The molecule has 0 saturated carbocycles. The summed E-state index contributed by atoms with van der Waals surface area (Å²) in [7, 11) is 1.44. The van der Waals surface area contributed by atoms with Crippen LogP contribution in [0.2, 0.25) is 0 Å². The summed E-state index contributed by atoms with van der Waals surface area (Å²) in [6.07, 6.45) is -0.122. The zero-order valence-electron chi connectivity index (χ0n) is 9.10. The monoisotopic (exact) mass is 223 g/mol. The zero-order chi connectivity index (χ0) is 12.0. The summed E-state index contributed by atoms with van der Waals surface area (Å²) in [5.74, 6) is -0.542. The van der Waals surface area contributed by atoms with Gasteiger partial charge in [-0.2, -0.15) is 0 Å². The Morgan fingerprint density at radius 2 is 2.12 bits per heavy atom. The molecule has 0 aliphatic rings. The first-order chi connectivity index (χ1) is 7.69. The topological polar surface area (TPSA) is 64.6 Å². The molecule has 86 valence electrons. The van der Waals surface area contributed by atoms with Crippen LogP contribution in [0.4, 0.5) is 5.69 Å². The molecular formula is C11H13NO4. The van der Waals surface area contributed by atoms with Crippen LogP contribution in [0.15, 0.2) is 24.3 Å². The molecule has 1 N–H and O–H groups in total. The highest BCUT2D eigenvalue weighted by Crippen LogP contribution is 2.16. The quantitative estimate of drug-likeness (QED) is 0.465. The van der Waals surface area contributed by atoms with Crippen molar-refractivity contribution in [2.45, 2.75) is 13.2 Å². The highest BCUT2D eigenvalue weighted by molar-refractivity contribution is 5.97. The first-order valence-electron chi connectivity index (χ1n) is 4.72. The van der Waals surface area contributed by atoms with Crippen LogP contribution in [0.3, 0.4) is 0 Å². The Labute approximate surface area is 93.4 Å². The van der Waals surface area contributed by atoms with Crippen molar-refractivity contribution in [1.29, 1.82) is 0 Å². The van der Waals surface area contributed by atoms with E-state index in [-0.39, 0.29) is 0 Å². The van der Waals surface area contributed by atoms with Crippen LogP contribution >= 0.6 is 0 Å². The van der Waals surface area contributed by atoms with Crippen molar-refractivity contribution in [3.05, 3.63) is 29.8 Å². The number of methoxy groups -OCH3 is 1. The van der Waals surface area contributed by atoms with E-state index in [1.807, 2.05) is 0 Å². The summed E-state index contributed by atoms with van der Waals surface area (Å²) in [5.41, 5.74) is 0.698. The second kappa shape index (κ2) is 5.87. The van der Waals surface area contributed by atoms with Crippen LogP contribution in [-0.4, -0.2) is 25.8 Å². The number of amides is 1. The fraction of sp³-hybridized carbons (Fsp3) is 0.273. The molecule has 1 aromatic rings. The number of hydrogen-bond donors (Lipinski definition) is 1. The van der Waals surface area contributed by atoms with Gasteiger partial charge >= 0.3 is 5.97 Å². The number of carbonyl (C=O) groups is 2. The Morgan fingerprint density at radius 3 is 2.75 bits per heavy atom. The first-order valence-corrected chi connectivity index (χ1v) is 4.72. The molecule has 1 unspecified atom stereocenters. The molecule has 0 aliphatic carbocycles. The molecule has 16 heavy (non-hydrogen) atoms. The molecule has 5 nitrogen and oxygen atoms in total. The Bertz CT molecular complexity index is 378. The zero-order valence-corrected chi connectivity index (χ0v) is 9.10. The summed E-state index contributed by atoms with van der Waals surface area (Å²) >= 11 is 0. The summed E-state index contributed by atoms with van der Waals surface area (Å²) in [4.78, 5) is 22.0. The van der Waals surface area contributed by atoms with Crippen molar-refractivity contribution in [2.24, 2.45) is 0 Å². The number of anilines is 1. The van der Waals surface area contributed by atoms with E-state index >= 15 is 0 Å². The van der Waals surface area contributed by atoms with E-state index in [1.165, 1.54) is 7.11 Å². The Balaban J connectivity index is 2.85. The smallest absolute Gasteiger partial charge is 0.342 e. The second-order valence-electron chi connectivity index (χ2n) is 3.02. The van der Waals surface area contributed by atoms with E-state index in [2.05, 4.69) is 5.32 Å². The maximum Gasteiger partial charge on any atom is 0.342 e. The van der Waals surface area contributed by atoms with Gasteiger partial charge in [-0.05, 0) is 19.1 Å². The minimum atomic E-state index is -0.628. The maximum absolute atomic E-state index is 11.7. The molecule has 1 atom stereocenters. The lowest BCUT2D eigenvalue weighted by atomic mass is 10.2. The number of rotatable bonds is 5. The van der Waals surface area contributed by atoms with Gasteiger partial charge in [0.2, 0.25) is 6.41 Å². The summed E-state index contributed by atoms with van der Waals surface area (Å²) in [6.45, 7) is 1.60. The van der Waals surface area contributed by atoms with Crippen molar-refractivity contribution < 1.29 is 19.1 Å². The Morgan fingerprint density at radius 1 is 1.44 bits per heavy atom. The van der Waals surface area contributed by atoms with Gasteiger partial charge in [0.15, 0.2) is 6.29 Å². The van der Waals surface area contributed by atoms with Gasteiger partial charge in [-0.15, -0.1) is 0 Å². The first kappa shape index (κ1) is 12.2. The molecule has 0 spiro atoms. The number of benzene rings is 1. The second-order valence-corrected chi connectivity index (χ2v) is 3.02. The van der Waals surface area contributed by atoms with E-state index in [0.29, 0.717) is 17.7 Å². The van der Waals surface area contributed by atoms with Gasteiger partial charge in [0.25, 0.3) is 0 Å². The summed E-state index contributed by atoms with van der Waals surface area (Å²) < 4.78 is 9.76. The molecule has 0 radical (unpaired) electrons. The predicted octanol–water partition coefficient (Wildman–Crippen LogP) is 1.40. The van der Waals surface area contributed by atoms with Crippen LogP contribution in [-0.2, 0) is 14.3 Å². The average molecular weight is 223 g/mol. The van der Waals surface area contributed by atoms with Gasteiger partial charge in [0.1, 0.15) is 0 Å². The predicted molar refractivity (Wildman–Crippen MR) is 58.0 cm³/mol. The number of ether oxygens (including phenoxy) is 2. The third-order valence-corrected chi connectivity index (χ3v) is 1.97. The molecule has 0 fully saturated rings. The van der Waals surface area contributed by atoms with Crippen LogP contribution in [0.5, 0.6) is 0 Å². The standard InChI is InChI=1S/C11H13NO4/c1-8(15-2)16-11(14)9-5-3-4-6-10(9)12-7-13/h3-8H,1-2H3,(H,12,13). The molecule has 0 heterocycles. The van der Waals surface area contributed by atoms with Crippen LogP contribution in [0.1, 0.15) is 17.3 Å². The fourth-order valence-corrected chi connectivity index (χ4v) is 1.11. The molecule has 0 aliphatic heterocycles. The van der Waals surface area contributed by atoms with Crippen LogP contribution in [0.25, 0.3) is 0 Å². The summed E-state index contributed by atoms with van der Waals surface area (Å²) in [5, 5.41) is 2.43. The fourth-order valence-electron chi connectivity index (χ4n) is 1.11. The van der Waals surface area contributed by atoms with Crippen molar-refractivity contribution in [3.63, 3.8) is 0 Å². The lowest BCUT2D eigenvalue weighted by Crippen LogP contribution is -2.17. The lowest BCUT2D eigenvalue weighted by Gasteiger charge is -2.12. The van der Waals surface area contributed by atoms with Gasteiger partial charge in [-0.3, -0.25) is 4.79 Å². The third kappa shape index (κ3) is 3.06. The molecule has 1 aromatic carbocycles. The van der Waals surface area contributed by atoms with Gasteiger partial charge in [-0.25, -0.2) is 4.79 Å². The molecule has 1 rings (SSSR count). The van der Waals surface area contributed by atoms with E-state index in [0.717, 1.165) is 0 Å². The highest BCUT2D eigenvalue weighted by atomic mass is 16.7. The largest absolute Gasteiger partial charge is 0.432 e. The Kier molecular flexibility index (Phi) is 4.47. The van der Waals surface area contributed by atoms with E-state index in [4.69, 9.17) is 9.47 Å². The number of hydrogen-bond acceptors (Lipinski definition) is 4. The van der Waals surface area contributed by atoms with Crippen molar-refractivity contribution in [3.8, 4) is 0 Å². The number of carbonyl (C=O) groups excluding carboxylic acids is 2. The number of nitrogens with one attached hydrogen (secondary N) is 1. The Hall–Kier alpha value is -1.88. The normalized spacial score (nSPS) is 11.6. The molecule has 0 bridgehead atoms. The van der Waals surface area contributed by atoms with Crippen molar-refractivity contribution >= 4 is 18.1 Å². The van der Waals surface area contributed by atoms with Crippen molar-refractivity contribution in [2.75, 3.05) is 12.4 Å². The lowest BCUT2D eigenvalue weighted by molar-refractivity contribution is -0.105. The number of esters is 1. The van der Waals surface area contributed by atoms with Gasteiger partial charge in [0.05, 0.1) is 11.3 Å². The van der Waals surface area contributed by atoms with E-state index in [9.17, 15) is 9.59 Å². The SMILES string of the molecule is COC(C)OC(=O)c1ccccc1NC=O. The maximum atomic E-state index is 11.7. The van der Waals surface area contributed by atoms with E-state index < -0.39 is 12.3 Å². The van der Waals surface area contributed by atoms with Gasteiger partial charge < -0.3 is 14.8 Å². The molecule has 0 aromatic heterocycles.